The number of azide groups is 1. The normalized spacial score (nSPS) is 33.6. The summed E-state index contributed by atoms with van der Waals surface area (Å²) in [5.74, 6) is 1.69. The minimum Gasteiger partial charge on any atom is -0.359 e. The largest absolute Gasteiger partial charge is 0.359 e. The maximum atomic E-state index is 13.1. The standard InChI is InChI=1S/C23H28O6S2.C16H21N3O3S/c1-4-30-23-16(3)20(29-31(24,25)18-12-10-15(2)11-13-18)21-19(27-23)14-26-22(28-21)17-8-6-5-7-9-17;1-3-23-16-10(2)13(18-19-17)14-12(21-16)9-20-15(22-14)11-7-5-4-6-8-11/h5-13,16,19-23H,4,14H2,1-3H3;4-8,10,12-16H,3,9H2,1-2H3/t16-,19?,20+,21+,22?,23?;10-,12?,13+,14+,15?,16?/m00/s1. The summed E-state index contributed by atoms with van der Waals surface area (Å²) >= 11 is 3.36. The number of hydrogen-bond donors (Lipinski definition) is 0. The molecule has 12 nitrogen and oxygen atoms in total. The van der Waals surface area contributed by atoms with Gasteiger partial charge in [0.2, 0.25) is 0 Å². The molecule has 4 aliphatic heterocycles. The number of aryl methyl sites for hydroxylation is 1. The average molecular weight is 800 g/mol. The highest BCUT2D eigenvalue weighted by molar-refractivity contribution is 7.99. The van der Waals surface area contributed by atoms with Crippen LogP contribution >= 0.6 is 23.5 Å². The van der Waals surface area contributed by atoms with Crippen molar-refractivity contribution in [3.63, 3.8) is 0 Å². The molecule has 3 aromatic rings. The van der Waals surface area contributed by atoms with Crippen LogP contribution in [0.25, 0.3) is 10.4 Å². The molecule has 7 rings (SSSR count). The molecule has 6 unspecified atom stereocenters. The van der Waals surface area contributed by atoms with Gasteiger partial charge in [-0.15, -0.1) is 23.5 Å². The van der Waals surface area contributed by atoms with Gasteiger partial charge in [0.1, 0.15) is 35.3 Å². The summed E-state index contributed by atoms with van der Waals surface area (Å²) in [6, 6.07) is 25.8. The lowest BCUT2D eigenvalue weighted by Crippen LogP contribution is -2.59. The van der Waals surface area contributed by atoms with Crippen LogP contribution < -0.4 is 0 Å². The van der Waals surface area contributed by atoms with Crippen molar-refractivity contribution >= 4 is 33.6 Å². The Morgan fingerprint density at radius 3 is 1.76 bits per heavy atom. The molecule has 4 saturated heterocycles. The Labute approximate surface area is 326 Å². The third-order valence-electron chi connectivity index (χ3n) is 9.85. The fourth-order valence-corrected chi connectivity index (χ4v) is 10.2. The van der Waals surface area contributed by atoms with Crippen molar-refractivity contribution in [1.82, 2.24) is 0 Å². The molecule has 0 amide bonds. The van der Waals surface area contributed by atoms with Crippen LogP contribution in [-0.2, 0) is 42.7 Å². The van der Waals surface area contributed by atoms with E-state index in [0.29, 0.717) is 13.2 Å². The Balaban J connectivity index is 0.000000193. The van der Waals surface area contributed by atoms with E-state index in [2.05, 4.69) is 23.9 Å². The van der Waals surface area contributed by atoms with Gasteiger partial charge >= 0.3 is 0 Å². The van der Waals surface area contributed by atoms with Gasteiger partial charge in [-0.25, -0.2) is 0 Å². The van der Waals surface area contributed by atoms with E-state index in [4.69, 9.17) is 38.1 Å². The van der Waals surface area contributed by atoms with Gasteiger partial charge in [0.15, 0.2) is 12.6 Å². The Hall–Kier alpha value is -2.66. The van der Waals surface area contributed by atoms with Crippen LogP contribution in [0.4, 0.5) is 0 Å². The van der Waals surface area contributed by atoms with Crippen LogP contribution in [0.1, 0.15) is 57.0 Å². The van der Waals surface area contributed by atoms with Gasteiger partial charge in [0.05, 0.1) is 30.3 Å². The molecule has 0 aromatic heterocycles. The number of ether oxygens (including phenoxy) is 6. The first-order valence-corrected chi connectivity index (χ1v) is 21.9. The first kappa shape index (κ1) is 41.0. The van der Waals surface area contributed by atoms with Crippen LogP contribution in [0.15, 0.2) is 94.9 Å². The van der Waals surface area contributed by atoms with E-state index in [1.165, 1.54) is 0 Å². The molecule has 4 aliphatic rings. The van der Waals surface area contributed by atoms with Gasteiger partial charge in [0, 0.05) is 27.9 Å². The average Bonchev–Trinajstić information content (AvgIpc) is 3.19. The quantitative estimate of drug-likeness (QED) is 0.0846. The minimum absolute atomic E-state index is 0.00257. The number of benzene rings is 3. The lowest BCUT2D eigenvalue weighted by atomic mass is 9.91. The molecule has 4 heterocycles. The van der Waals surface area contributed by atoms with Gasteiger partial charge in [-0.1, -0.05) is 111 Å². The first-order chi connectivity index (χ1) is 26.1. The van der Waals surface area contributed by atoms with E-state index >= 15 is 0 Å². The number of fused-ring (bicyclic) bond motifs is 2. The predicted molar refractivity (Wildman–Crippen MR) is 208 cm³/mol. The summed E-state index contributed by atoms with van der Waals surface area (Å²) in [5.41, 5.74) is 11.6. The number of nitrogens with zero attached hydrogens (tertiary/aromatic N) is 3. The molecule has 0 saturated carbocycles. The Bertz CT molecular complexity index is 1790. The van der Waals surface area contributed by atoms with Crippen LogP contribution in [0.2, 0.25) is 0 Å². The van der Waals surface area contributed by atoms with E-state index in [9.17, 15) is 8.42 Å². The Kier molecular flexibility index (Phi) is 14.4. The molecule has 12 atom stereocenters. The van der Waals surface area contributed by atoms with Crippen LogP contribution in [0.3, 0.4) is 0 Å². The maximum Gasteiger partial charge on any atom is 0.297 e. The van der Waals surface area contributed by atoms with Crippen LogP contribution in [-0.4, -0.2) is 80.6 Å². The van der Waals surface area contributed by atoms with Crippen molar-refractivity contribution in [2.45, 2.75) is 99.5 Å². The first-order valence-electron chi connectivity index (χ1n) is 18.4. The number of hydrogen-bond acceptors (Lipinski definition) is 12. The molecular weight excluding hydrogens is 751 g/mol. The second kappa shape index (κ2) is 19.0. The second-order valence-electron chi connectivity index (χ2n) is 13.6. The summed E-state index contributed by atoms with van der Waals surface area (Å²) in [5, 5.41) is 4.02. The topological polar surface area (TPSA) is 148 Å². The highest BCUT2D eigenvalue weighted by Crippen LogP contribution is 2.42. The predicted octanol–water partition coefficient (Wildman–Crippen LogP) is 8.19. The molecule has 292 valence electrons. The molecule has 54 heavy (non-hydrogen) atoms. The summed E-state index contributed by atoms with van der Waals surface area (Å²) in [6.45, 7) is 10.8. The third-order valence-corrected chi connectivity index (χ3v) is 13.6. The van der Waals surface area contributed by atoms with Crippen molar-refractivity contribution in [3.05, 3.63) is 112 Å². The Morgan fingerprint density at radius 1 is 0.741 bits per heavy atom. The molecule has 0 N–H and O–H groups in total. The summed E-state index contributed by atoms with van der Waals surface area (Å²) < 4.78 is 68.5. The summed E-state index contributed by atoms with van der Waals surface area (Å²) in [4.78, 5) is 3.17. The van der Waals surface area contributed by atoms with Crippen LogP contribution in [0.5, 0.6) is 0 Å². The highest BCUT2D eigenvalue weighted by Gasteiger charge is 2.51. The fraction of sp³-hybridized carbons (Fsp3) is 0.538. The van der Waals surface area contributed by atoms with Gasteiger partial charge in [0.25, 0.3) is 10.1 Å². The smallest absolute Gasteiger partial charge is 0.297 e. The van der Waals surface area contributed by atoms with Gasteiger partial charge < -0.3 is 28.4 Å². The minimum atomic E-state index is -3.97. The molecule has 3 aromatic carbocycles. The van der Waals surface area contributed by atoms with E-state index in [-0.39, 0.29) is 45.9 Å². The fourth-order valence-electron chi connectivity index (χ4n) is 6.98. The molecule has 15 heteroatoms. The lowest BCUT2D eigenvalue weighted by Gasteiger charge is -2.48. The highest BCUT2D eigenvalue weighted by atomic mass is 32.2. The molecule has 4 fully saturated rings. The lowest BCUT2D eigenvalue weighted by molar-refractivity contribution is -0.307. The molecular formula is C39H49N3O9S3. The van der Waals surface area contributed by atoms with Crippen molar-refractivity contribution in [1.29, 1.82) is 0 Å². The summed E-state index contributed by atoms with van der Waals surface area (Å²) in [6.07, 6.45) is -3.19. The van der Waals surface area contributed by atoms with E-state index in [1.54, 1.807) is 47.8 Å². The Morgan fingerprint density at radius 2 is 1.24 bits per heavy atom. The van der Waals surface area contributed by atoms with E-state index < -0.39 is 41.0 Å². The van der Waals surface area contributed by atoms with Crippen molar-refractivity contribution in [3.8, 4) is 0 Å². The molecule has 0 radical (unpaired) electrons. The zero-order valence-electron chi connectivity index (χ0n) is 31.1. The zero-order valence-corrected chi connectivity index (χ0v) is 33.5. The SMILES string of the molecule is CCSC1OC2COC(c3ccccc3)O[C@H]2[C@H](N=[N+]=[N-])[C@@H]1C.CCSC1OC2COC(c3ccccc3)O[C@H]2[C@H](OS(=O)(=O)c2ccc(C)cc2)[C@@H]1C. The van der Waals surface area contributed by atoms with Gasteiger partial charge in [-0.05, 0) is 36.1 Å². The van der Waals surface area contributed by atoms with E-state index in [0.717, 1.165) is 28.2 Å². The van der Waals surface area contributed by atoms with Crippen molar-refractivity contribution in [2.24, 2.45) is 17.0 Å². The zero-order chi connectivity index (χ0) is 38.2. The van der Waals surface area contributed by atoms with E-state index in [1.807, 2.05) is 81.4 Å². The van der Waals surface area contributed by atoms with Crippen molar-refractivity contribution < 1.29 is 41.0 Å². The molecule has 0 bridgehead atoms. The van der Waals surface area contributed by atoms with Gasteiger partial charge in [-0.2, -0.15) is 8.42 Å². The molecule has 0 spiro atoms. The maximum absolute atomic E-state index is 13.1. The summed E-state index contributed by atoms with van der Waals surface area (Å²) in [7, 11) is -3.97. The van der Waals surface area contributed by atoms with Gasteiger partial charge in [-0.3, -0.25) is 4.18 Å². The number of thioether (sulfide) groups is 2. The van der Waals surface area contributed by atoms with Crippen LogP contribution in [0, 0.1) is 18.8 Å². The number of rotatable bonds is 10. The third kappa shape index (κ3) is 9.64. The second-order valence-corrected chi connectivity index (χ2v) is 17.9. The monoisotopic (exact) mass is 799 g/mol. The molecule has 0 aliphatic carbocycles. The van der Waals surface area contributed by atoms with Crippen molar-refractivity contribution in [2.75, 3.05) is 24.7 Å².